The van der Waals surface area contributed by atoms with E-state index in [0.717, 1.165) is 49.5 Å². The average molecular weight is 383 g/mol. The number of hydrogen-bond donors (Lipinski definition) is 2. The fourth-order valence-electron chi connectivity index (χ4n) is 3.23. The monoisotopic (exact) mass is 383 g/mol. The first-order valence-electron chi connectivity index (χ1n) is 9.70. The standard InChI is InChI=1S/C22H29N3O3/c1-27-17-21-5-3-2-4-20(21)15-24-22(26)23-14-18-6-8-19(9-7-18)16-25-10-12-28-13-11-25/h2-9H,10-17H2,1H3,(H2,23,24,26). The normalized spacial score (nSPS) is 14.6. The summed E-state index contributed by atoms with van der Waals surface area (Å²) in [4.78, 5) is 14.5. The first kappa shape index (κ1) is 20.3. The van der Waals surface area contributed by atoms with Crippen molar-refractivity contribution in [3.05, 3.63) is 70.8 Å². The second kappa shape index (κ2) is 10.8. The number of rotatable bonds is 8. The van der Waals surface area contributed by atoms with Crippen LogP contribution in [0.25, 0.3) is 0 Å². The predicted molar refractivity (Wildman–Crippen MR) is 109 cm³/mol. The molecular formula is C22H29N3O3. The molecule has 0 bridgehead atoms. The van der Waals surface area contributed by atoms with E-state index in [-0.39, 0.29) is 6.03 Å². The highest BCUT2D eigenvalue weighted by Crippen LogP contribution is 2.10. The maximum atomic E-state index is 12.1. The fraction of sp³-hybridized carbons (Fsp3) is 0.409. The molecule has 0 aliphatic carbocycles. The van der Waals surface area contributed by atoms with Gasteiger partial charge in [-0.3, -0.25) is 4.90 Å². The Morgan fingerprint density at radius 3 is 2.32 bits per heavy atom. The van der Waals surface area contributed by atoms with Crippen LogP contribution in [-0.4, -0.2) is 44.3 Å². The molecule has 1 fully saturated rings. The van der Waals surface area contributed by atoms with E-state index in [4.69, 9.17) is 9.47 Å². The molecule has 0 unspecified atom stereocenters. The van der Waals surface area contributed by atoms with E-state index in [1.165, 1.54) is 5.56 Å². The van der Waals surface area contributed by atoms with Gasteiger partial charge in [0.2, 0.25) is 0 Å². The number of nitrogens with one attached hydrogen (secondary N) is 2. The van der Waals surface area contributed by atoms with Gasteiger partial charge in [0, 0.05) is 39.8 Å². The minimum Gasteiger partial charge on any atom is -0.380 e. The van der Waals surface area contributed by atoms with Crippen molar-refractivity contribution >= 4 is 6.03 Å². The molecule has 2 aromatic carbocycles. The number of benzene rings is 2. The summed E-state index contributed by atoms with van der Waals surface area (Å²) in [6.07, 6.45) is 0. The number of methoxy groups -OCH3 is 1. The lowest BCUT2D eigenvalue weighted by Crippen LogP contribution is -2.35. The summed E-state index contributed by atoms with van der Waals surface area (Å²) < 4.78 is 10.6. The van der Waals surface area contributed by atoms with Gasteiger partial charge in [0.05, 0.1) is 19.8 Å². The number of nitrogens with zero attached hydrogens (tertiary/aromatic N) is 1. The molecule has 1 heterocycles. The van der Waals surface area contributed by atoms with Crippen LogP contribution >= 0.6 is 0 Å². The van der Waals surface area contributed by atoms with Crippen LogP contribution in [-0.2, 0) is 35.7 Å². The molecule has 2 N–H and O–H groups in total. The van der Waals surface area contributed by atoms with E-state index in [2.05, 4.69) is 39.8 Å². The summed E-state index contributed by atoms with van der Waals surface area (Å²) in [5.41, 5.74) is 4.51. The number of amides is 2. The van der Waals surface area contributed by atoms with Gasteiger partial charge in [-0.2, -0.15) is 0 Å². The summed E-state index contributed by atoms with van der Waals surface area (Å²) in [7, 11) is 1.67. The summed E-state index contributed by atoms with van der Waals surface area (Å²) in [6, 6.07) is 16.2. The van der Waals surface area contributed by atoms with Gasteiger partial charge in [-0.05, 0) is 22.3 Å². The van der Waals surface area contributed by atoms with Gasteiger partial charge in [0.1, 0.15) is 0 Å². The van der Waals surface area contributed by atoms with E-state index in [0.29, 0.717) is 19.7 Å². The van der Waals surface area contributed by atoms with Crippen LogP contribution < -0.4 is 10.6 Å². The van der Waals surface area contributed by atoms with Crippen LogP contribution in [0, 0.1) is 0 Å². The van der Waals surface area contributed by atoms with E-state index in [1.54, 1.807) is 7.11 Å². The van der Waals surface area contributed by atoms with Crippen molar-refractivity contribution in [1.82, 2.24) is 15.5 Å². The molecule has 150 valence electrons. The third-order valence-electron chi connectivity index (χ3n) is 4.84. The van der Waals surface area contributed by atoms with Crippen molar-refractivity contribution in [2.45, 2.75) is 26.2 Å². The maximum Gasteiger partial charge on any atom is 0.315 e. The van der Waals surface area contributed by atoms with Gasteiger partial charge in [-0.1, -0.05) is 48.5 Å². The van der Waals surface area contributed by atoms with E-state index >= 15 is 0 Å². The van der Waals surface area contributed by atoms with E-state index in [1.807, 2.05) is 24.3 Å². The zero-order chi connectivity index (χ0) is 19.6. The van der Waals surface area contributed by atoms with Gasteiger partial charge < -0.3 is 20.1 Å². The zero-order valence-electron chi connectivity index (χ0n) is 16.4. The van der Waals surface area contributed by atoms with Gasteiger partial charge in [-0.25, -0.2) is 4.79 Å². The Balaban J connectivity index is 1.42. The molecule has 6 heteroatoms. The van der Waals surface area contributed by atoms with Crippen LogP contribution in [0.4, 0.5) is 4.79 Å². The van der Waals surface area contributed by atoms with Crippen LogP contribution in [0.15, 0.2) is 48.5 Å². The Morgan fingerprint density at radius 1 is 0.964 bits per heavy atom. The lowest BCUT2D eigenvalue weighted by atomic mass is 10.1. The molecule has 0 radical (unpaired) electrons. The van der Waals surface area contributed by atoms with Gasteiger partial charge in [0.25, 0.3) is 0 Å². The molecule has 1 saturated heterocycles. The Bertz CT molecular complexity index is 743. The molecule has 1 aliphatic heterocycles. The minimum absolute atomic E-state index is 0.176. The Morgan fingerprint density at radius 2 is 1.61 bits per heavy atom. The highest BCUT2D eigenvalue weighted by Gasteiger charge is 2.10. The molecule has 28 heavy (non-hydrogen) atoms. The van der Waals surface area contributed by atoms with E-state index in [9.17, 15) is 4.79 Å². The summed E-state index contributed by atoms with van der Waals surface area (Å²) >= 11 is 0. The number of ether oxygens (including phenoxy) is 2. The maximum absolute atomic E-state index is 12.1. The van der Waals surface area contributed by atoms with Crippen molar-refractivity contribution in [1.29, 1.82) is 0 Å². The molecule has 0 atom stereocenters. The molecule has 2 aromatic rings. The fourth-order valence-corrected chi connectivity index (χ4v) is 3.23. The first-order valence-corrected chi connectivity index (χ1v) is 9.70. The Kier molecular flexibility index (Phi) is 7.84. The van der Waals surface area contributed by atoms with Crippen molar-refractivity contribution in [2.75, 3.05) is 33.4 Å². The minimum atomic E-state index is -0.176. The smallest absolute Gasteiger partial charge is 0.315 e. The highest BCUT2D eigenvalue weighted by atomic mass is 16.5. The van der Waals surface area contributed by atoms with Crippen LogP contribution in [0.3, 0.4) is 0 Å². The quantitative estimate of drug-likeness (QED) is 0.736. The summed E-state index contributed by atoms with van der Waals surface area (Å²) in [6.45, 7) is 6.05. The van der Waals surface area contributed by atoms with Gasteiger partial charge in [0.15, 0.2) is 0 Å². The molecule has 6 nitrogen and oxygen atoms in total. The van der Waals surface area contributed by atoms with Crippen LogP contribution in [0.5, 0.6) is 0 Å². The average Bonchev–Trinajstić information content (AvgIpc) is 2.73. The van der Waals surface area contributed by atoms with Crippen LogP contribution in [0.2, 0.25) is 0 Å². The SMILES string of the molecule is COCc1ccccc1CNC(=O)NCc1ccc(CN2CCOCC2)cc1. The number of morpholine rings is 1. The van der Waals surface area contributed by atoms with Crippen molar-refractivity contribution in [2.24, 2.45) is 0 Å². The third kappa shape index (κ3) is 6.34. The molecule has 0 saturated carbocycles. The zero-order valence-corrected chi connectivity index (χ0v) is 16.4. The number of carbonyl (C=O) groups is 1. The van der Waals surface area contributed by atoms with Gasteiger partial charge >= 0.3 is 6.03 Å². The van der Waals surface area contributed by atoms with Crippen molar-refractivity contribution in [3.8, 4) is 0 Å². The van der Waals surface area contributed by atoms with Crippen LogP contribution in [0.1, 0.15) is 22.3 Å². The molecule has 0 spiro atoms. The Hall–Kier alpha value is -2.41. The second-order valence-corrected chi connectivity index (χ2v) is 6.94. The topological polar surface area (TPSA) is 62.8 Å². The third-order valence-corrected chi connectivity index (χ3v) is 4.84. The lowest BCUT2D eigenvalue weighted by Gasteiger charge is -2.26. The summed E-state index contributed by atoms with van der Waals surface area (Å²) in [5, 5.41) is 5.82. The van der Waals surface area contributed by atoms with E-state index < -0.39 is 0 Å². The Labute approximate surface area is 166 Å². The first-order chi connectivity index (χ1) is 13.7. The van der Waals surface area contributed by atoms with Crippen molar-refractivity contribution in [3.63, 3.8) is 0 Å². The summed E-state index contributed by atoms with van der Waals surface area (Å²) in [5.74, 6) is 0. The molecule has 0 aromatic heterocycles. The molecule has 1 aliphatic rings. The second-order valence-electron chi connectivity index (χ2n) is 6.94. The predicted octanol–water partition coefficient (Wildman–Crippen LogP) is 2.66. The molecular weight excluding hydrogens is 354 g/mol. The highest BCUT2D eigenvalue weighted by molar-refractivity contribution is 5.73. The lowest BCUT2D eigenvalue weighted by molar-refractivity contribution is 0.0342. The molecule has 3 rings (SSSR count). The van der Waals surface area contributed by atoms with Crippen molar-refractivity contribution < 1.29 is 14.3 Å². The number of carbonyl (C=O) groups excluding carboxylic acids is 1. The number of urea groups is 1. The molecule has 2 amide bonds. The largest absolute Gasteiger partial charge is 0.380 e. The number of hydrogen-bond acceptors (Lipinski definition) is 4. The van der Waals surface area contributed by atoms with Gasteiger partial charge in [-0.15, -0.1) is 0 Å².